The summed E-state index contributed by atoms with van der Waals surface area (Å²) in [6, 6.07) is 14.0. The molecule has 6 nitrogen and oxygen atoms in total. The van der Waals surface area contributed by atoms with Crippen LogP contribution in [-0.2, 0) is 0 Å². The summed E-state index contributed by atoms with van der Waals surface area (Å²) < 4.78 is 5.16. The number of rotatable bonds is 3. The molecular formula is C21H20N2O4. The number of fused-ring (bicyclic) bond motifs is 1. The van der Waals surface area contributed by atoms with Crippen LogP contribution >= 0.6 is 0 Å². The van der Waals surface area contributed by atoms with Crippen LogP contribution in [0, 0.1) is 0 Å². The van der Waals surface area contributed by atoms with Crippen LogP contribution in [0.25, 0.3) is 10.8 Å². The average Bonchev–Trinajstić information content (AvgIpc) is 3.23. The lowest BCUT2D eigenvalue weighted by Gasteiger charge is -2.31. The van der Waals surface area contributed by atoms with Crippen molar-refractivity contribution in [3.05, 3.63) is 66.1 Å². The van der Waals surface area contributed by atoms with Gasteiger partial charge in [0.2, 0.25) is 0 Å². The third-order valence-corrected chi connectivity index (χ3v) is 4.95. The Hall–Kier alpha value is -3.28. The molecule has 1 aliphatic heterocycles. The van der Waals surface area contributed by atoms with Gasteiger partial charge in [0.15, 0.2) is 5.76 Å². The molecule has 4 rings (SSSR count). The Morgan fingerprint density at radius 1 is 1.07 bits per heavy atom. The van der Waals surface area contributed by atoms with Crippen LogP contribution in [0.2, 0.25) is 0 Å². The van der Waals surface area contributed by atoms with Gasteiger partial charge in [-0.3, -0.25) is 9.59 Å². The Morgan fingerprint density at radius 2 is 1.85 bits per heavy atom. The fourth-order valence-electron chi connectivity index (χ4n) is 3.47. The fraction of sp³-hybridized carbons (Fsp3) is 0.238. The second-order valence-corrected chi connectivity index (χ2v) is 6.73. The minimum absolute atomic E-state index is 0.00763. The second kappa shape index (κ2) is 7.15. The van der Waals surface area contributed by atoms with E-state index < -0.39 is 0 Å². The molecule has 6 heteroatoms. The summed E-state index contributed by atoms with van der Waals surface area (Å²) in [5.41, 5.74) is 0.431. The molecule has 0 atom stereocenters. The molecule has 2 N–H and O–H groups in total. The Kier molecular flexibility index (Phi) is 4.54. The van der Waals surface area contributed by atoms with Crippen LogP contribution < -0.4 is 5.32 Å². The van der Waals surface area contributed by atoms with E-state index in [1.807, 2.05) is 24.3 Å². The zero-order valence-corrected chi connectivity index (χ0v) is 14.7. The number of piperidine rings is 1. The van der Waals surface area contributed by atoms with Crippen molar-refractivity contribution in [3.63, 3.8) is 0 Å². The monoisotopic (exact) mass is 364 g/mol. The molecule has 1 saturated heterocycles. The Morgan fingerprint density at radius 3 is 2.59 bits per heavy atom. The van der Waals surface area contributed by atoms with Crippen LogP contribution in [0.3, 0.4) is 0 Å². The molecule has 27 heavy (non-hydrogen) atoms. The first kappa shape index (κ1) is 17.1. The standard InChI is InChI=1S/C21H20N2O4/c24-18-13-15(12-14-4-1-2-5-17(14)18)20(25)22-16-7-9-23(10-8-16)21(26)19-6-3-11-27-19/h1-6,11-13,16,24H,7-10H2,(H,22,25). The molecule has 1 aliphatic rings. The predicted octanol–water partition coefficient (Wildman–Crippen LogP) is 3.17. The minimum atomic E-state index is -0.216. The first-order chi connectivity index (χ1) is 13.1. The highest BCUT2D eigenvalue weighted by Gasteiger charge is 2.26. The Labute approximate surface area is 156 Å². The summed E-state index contributed by atoms with van der Waals surface area (Å²) in [5, 5.41) is 14.7. The number of amides is 2. The van der Waals surface area contributed by atoms with E-state index in [-0.39, 0.29) is 23.6 Å². The fourth-order valence-corrected chi connectivity index (χ4v) is 3.47. The van der Waals surface area contributed by atoms with E-state index in [1.54, 1.807) is 23.1 Å². The zero-order chi connectivity index (χ0) is 18.8. The van der Waals surface area contributed by atoms with Crippen molar-refractivity contribution in [1.82, 2.24) is 10.2 Å². The van der Waals surface area contributed by atoms with Crippen LogP contribution in [-0.4, -0.2) is 41.0 Å². The molecule has 1 aromatic heterocycles. The predicted molar refractivity (Wildman–Crippen MR) is 101 cm³/mol. The van der Waals surface area contributed by atoms with Crippen molar-refractivity contribution < 1.29 is 19.1 Å². The van der Waals surface area contributed by atoms with Gasteiger partial charge in [0.05, 0.1) is 6.26 Å². The first-order valence-corrected chi connectivity index (χ1v) is 8.97. The SMILES string of the molecule is O=C(NC1CCN(C(=O)c2ccco2)CC1)c1cc(O)c2ccccc2c1. The summed E-state index contributed by atoms with van der Waals surface area (Å²) in [7, 11) is 0. The maximum absolute atomic E-state index is 12.6. The van der Waals surface area contributed by atoms with Crippen LogP contribution in [0.4, 0.5) is 0 Å². The van der Waals surface area contributed by atoms with E-state index in [0.717, 1.165) is 10.8 Å². The number of nitrogens with one attached hydrogen (secondary N) is 1. The molecule has 0 unspecified atom stereocenters. The van der Waals surface area contributed by atoms with Gasteiger partial charge in [-0.2, -0.15) is 0 Å². The van der Waals surface area contributed by atoms with Gasteiger partial charge in [-0.1, -0.05) is 24.3 Å². The van der Waals surface area contributed by atoms with Gasteiger partial charge in [0.25, 0.3) is 11.8 Å². The van der Waals surface area contributed by atoms with E-state index in [9.17, 15) is 14.7 Å². The summed E-state index contributed by atoms with van der Waals surface area (Å²) in [5.74, 6) is 0.0948. The van der Waals surface area contributed by atoms with Crippen molar-refractivity contribution in [2.75, 3.05) is 13.1 Å². The van der Waals surface area contributed by atoms with Crippen LogP contribution in [0.1, 0.15) is 33.8 Å². The summed E-state index contributed by atoms with van der Waals surface area (Å²) in [6.45, 7) is 1.13. The number of hydrogen-bond donors (Lipinski definition) is 2. The highest BCUT2D eigenvalue weighted by molar-refractivity contribution is 6.00. The van der Waals surface area contributed by atoms with Gasteiger partial charge in [-0.25, -0.2) is 0 Å². The van der Waals surface area contributed by atoms with Gasteiger partial charge >= 0.3 is 0 Å². The number of nitrogens with zero attached hydrogens (tertiary/aromatic N) is 1. The maximum Gasteiger partial charge on any atom is 0.289 e. The molecule has 2 heterocycles. The highest BCUT2D eigenvalue weighted by Crippen LogP contribution is 2.26. The highest BCUT2D eigenvalue weighted by atomic mass is 16.3. The number of carbonyl (C=O) groups excluding carboxylic acids is 2. The van der Waals surface area contributed by atoms with Crippen LogP contribution in [0.5, 0.6) is 5.75 Å². The third-order valence-electron chi connectivity index (χ3n) is 4.95. The molecule has 2 aromatic carbocycles. The van der Waals surface area contributed by atoms with E-state index in [1.165, 1.54) is 12.3 Å². The number of phenolic OH excluding ortho intramolecular Hbond substituents is 1. The van der Waals surface area contributed by atoms with Crippen molar-refractivity contribution >= 4 is 22.6 Å². The number of likely N-dealkylation sites (tertiary alicyclic amines) is 1. The van der Waals surface area contributed by atoms with Crippen molar-refractivity contribution in [2.24, 2.45) is 0 Å². The number of phenols is 1. The normalized spacial score (nSPS) is 15.0. The molecule has 0 spiro atoms. The number of furan rings is 1. The first-order valence-electron chi connectivity index (χ1n) is 8.97. The van der Waals surface area contributed by atoms with E-state index in [2.05, 4.69) is 5.32 Å². The average molecular weight is 364 g/mol. The molecule has 3 aromatic rings. The molecule has 0 aliphatic carbocycles. The number of aromatic hydroxyl groups is 1. The lowest BCUT2D eigenvalue weighted by atomic mass is 10.0. The van der Waals surface area contributed by atoms with Gasteiger partial charge in [-0.05, 0) is 42.5 Å². The van der Waals surface area contributed by atoms with Crippen molar-refractivity contribution in [3.8, 4) is 5.75 Å². The summed E-state index contributed by atoms with van der Waals surface area (Å²) in [6.07, 6.45) is 2.84. The van der Waals surface area contributed by atoms with Crippen molar-refractivity contribution in [2.45, 2.75) is 18.9 Å². The molecule has 1 fully saturated rings. The van der Waals surface area contributed by atoms with E-state index >= 15 is 0 Å². The Bertz CT molecular complexity index is 973. The molecular weight excluding hydrogens is 344 g/mol. The smallest absolute Gasteiger partial charge is 0.289 e. The van der Waals surface area contributed by atoms with E-state index in [0.29, 0.717) is 37.3 Å². The lowest BCUT2D eigenvalue weighted by Crippen LogP contribution is -2.46. The van der Waals surface area contributed by atoms with Crippen LogP contribution in [0.15, 0.2) is 59.2 Å². The minimum Gasteiger partial charge on any atom is -0.507 e. The summed E-state index contributed by atoms with van der Waals surface area (Å²) >= 11 is 0. The number of benzene rings is 2. The molecule has 0 bridgehead atoms. The van der Waals surface area contributed by atoms with Crippen molar-refractivity contribution in [1.29, 1.82) is 0 Å². The molecule has 0 radical (unpaired) electrons. The van der Waals surface area contributed by atoms with E-state index in [4.69, 9.17) is 4.42 Å². The topological polar surface area (TPSA) is 82.8 Å². The maximum atomic E-state index is 12.6. The second-order valence-electron chi connectivity index (χ2n) is 6.73. The quantitative estimate of drug-likeness (QED) is 0.748. The van der Waals surface area contributed by atoms with Gasteiger partial charge in [0, 0.05) is 30.1 Å². The largest absolute Gasteiger partial charge is 0.507 e. The van der Waals surface area contributed by atoms with Gasteiger partial charge in [-0.15, -0.1) is 0 Å². The molecule has 138 valence electrons. The molecule has 2 amide bonds. The third kappa shape index (κ3) is 3.51. The Balaban J connectivity index is 1.39. The lowest BCUT2D eigenvalue weighted by molar-refractivity contribution is 0.0667. The zero-order valence-electron chi connectivity index (χ0n) is 14.7. The van der Waals surface area contributed by atoms with Gasteiger partial charge < -0.3 is 19.7 Å². The van der Waals surface area contributed by atoms with Gasteiger partial charge in [0.1, 0.15) is 5.75 Å². The molecule has 0 saturated carbocycles. The number of hydrogen-bond acceptors (Lipinski definition) is 4. The number of carbonyl (C=O) groups is 2. The summed E-state index contributed by atoms with van der Waals surface area (Å²) in [4.78, 5) is 26.6.